The topological polar surface area (TPSA) is 58.6 Å². The van der Waals surface area contributed by atoms with E-state index in [0.29, 0.717) is 17.2 Å². The van der Waals surface area contributed by atoms with Crippen LogP contribution in [-0.2, 0) is 16.1 Å². The van der Waals surface area contributed by atoms with Crippen molar-refractivity contribution in [3.05, 3.63) is 63.6 Å². The SMILES string of the molecule is CCC(C)NC(=O)C(CC)N(Cc1ccccc1Cl)C(=O)COc1ccc(Br)cc1. The molecule has 2 atom stereocenters. The molecule has 2 unspecified atom stereocenters. The molecule has 1 N–H and O–H groups in total. The van der Waals surface area contributed by atoms with E-state index in [0.717, 1.165) is 16.5 Å². The molecule has 0 saturated heterocycles. The Morgan fingerprint density at radius 1 is 1.10 bits per heavy atom. The lowest BCUT2D eigenvalue weighted by Crippen LogP contribution is -2.51. The maximum atomic E-state index is 13.1. The first-order chi connectivity index (χ1) is 14.3. The molecule has 162 valence electrons. The van der Waals surface area contributed by atoms with Gasteiger partial charge in [-0.05, 0) is 55.7 Å². The van der Waals surface area contributed by atoms with Crippen molar-refractivity contribution in [2.24, 2.45) is 0 Å². The molecule has 0 fully saturated rings. The lowest BCUT2D eigenvalue weighted by molar-refractivity contribution is -0.143. The van der Waals surface area contributed by atoms with Gasteiger partial charge < -0.3 is 15.0 Å². The van der Waals surface area contributed by atoms with Crippen molar-refractivity contribution in [2.75, 3.05) is 6.61 Å². The Kier molecular flexibility index (Phi) is 9.66. The van der Waals surface area contributed by atoms with Crippen LogP contribution in [-0.4, -0.2) is 35.4 Å². The van der Waals surface area contributed by atoms with Gasteiger partial charge in [0, 0.05) is 22.1 Å². The summed E-state index contributed by atoms with van der Waals surface area (Å²) in [6, 6.07) is 14.0. The number of amides is 2. The Morgan fingerprint density at radius 2 is 1.77 bits per heavy atom. The summed E-state index contributed by atoms with van der Waals surface area (Å²) in [5, 5.41) is 3.54. The van der Waals surface area contributed by atoms with Gasteiger partial charge in [0.05, 0.1) is 0 Å². The Morgan fingerprint density at radius 3 is 2.37 bits per heavy atom. The van der Waals surface area contributed by atoms with Gasteiger partial charge in [-0.25, -0.2) is 0 Å². The number of hydrogen-bond acceptors (Lipinski definition) is 3. The van der Waals surface area contributed by atoms with Crippen molar-refractivity contribution >= 4 is 39.3 Å². The fraction of sp³-hybridized carbons (Fsp3) is 0.391. The summed E-state index contributed by atoms with van der Waals surface area (Å²) >= 11 is 9.70. The highest BCUT2D eigenvalue weighted by molar-refractivity contribution is 9.10. The van der Waals surface area contributed by atoms with E-state index in [1.165, 1.54) is 0 Å². The van der Waals surface area contributed by atoms with Gasteiger partial charge in [-0.2, -0.15) is 0 Å². The van der Waals surface area contributed by atoms with Crippen LogP contribution in [0, 0.1) is 0 Å². The van der Waals surface area contributed by atoms with E-state index in [1.807, 2.05) is 51.1 Å². The summed E-state index contributed by atoms with van der Waals surface area (Å²) in [6.45, 7) is 5.91. The molecule has 0 aliphatic carbocycles. The van der Waals surface area contributed by atoms with Crippen molar-refractivity contribution in [3.8, 4) is 5.75 Å². The Labute approximate surface area is 191 Å². The summed E-state index contributed by atoms with van der Waals surface area (Å²) in [5.41, 5.74) is 0.783. The second-order valence-corrected chi connectivity index (χ2v) is 8.42. The highest BCUT2D eigenvalue weighted by Gasteiger charge is 2.29. The minimum Gasteiger partial charge on any atom is -0.484 e. The van der Waals surface area contributed by atoms with Gasteiger partial charge in [-0.1, -0.05) is 59.6 Å². The average Bonchev–Trinajstić information content (AvgIpc) is 2.74. The highest BCUT2D eigenvalue weighted by Crippen LogP contribution is 2.21. The zero-order chi connectivity index (χ0) is 22.1. The minimum absolute atomic E-state index is 0.0304. The van der Waals surface area contributed by atoms with Gasteiger partial charge in [0.25, 0.3) is 5.91 Å². The molecule has 5 nitrogen and oxygen atoms in total. The van der Waals surface area contributed by atoms with Crippen molar-refractivity contribution in [2.45, 2.75) is 52.2 Å². The molecule has 2 aromatic carbocycles. The lowest BCUT2D eigenvalue weighted by Gasteiger charge is -2.31. The van der Waals surface area contributed by atoms with E-state index in [1.54, 1.807) is 23.1 Å². The van der Waals surface area contributed by atoms with E-state index in [9.17, 15) is 9.59 Å². The van der Waals surface area contributed by atoms with Gasteiger partial charge in [-0.3, -0.25) is 9.59 Å². The molecule has 0 saturated carbocycles. The maximum Gasteiger partial charge on any atom is 0.261 e. The first kappa shape index (κ1) is 24.2. The van der Waals surface area contributed by atoms with Crippen LogP contribution < -0.4 is 10.1 Å². The molecule has 0 aliphatic heterocycles. The number of nitrogens with zero attached hydrogens (tertiary/aromatic N) is 1. The molecule has 30 heavy (non-hydrogen) atoms. The largest absolute Gasteiger partial charge is 0.484 e. The molecule has 2 rings (SSSR count). The van der Waals surface area contributed by atoms with Crippen molar-refractivity contribution in [1.29, 1.82) is 0 Å². The molecule has 7 heteroatoms. The molecule has 0 aromatic heterocycles. The zero-order valence-electron chi connectivity index (χ0n) is 17.5. The first-order valence-electron chi connectivity index (χ1n) is 10.1. The zero-order valence-corrected chi connectivity index (χ0v) is 19.9. The number of hydrogen-bond donors (Lipinski definition) is 1. The third-order valence-corrected chi connectivity index (χ3v) is 5.76. The van der Waals surface area contributed by atoms with Crippen LogP contribution in [0.25, 0.3) is 0 Å². The van der Waals surface area contributed by atoms with Gasteiger partial charge in [0.2, 0.25) is 5.91 Å². The molecule has 2 amide bonds. The van der Waals surface area contributed by atoms with E-state index in [4.69, 9.17) is 16.3 Å². The molecule has 2 aromatic rings. The van der Waals surface area contributed by atoms with Gasteiger partial charge in [-0.15, -0.1) is 0 Å². The van der Waals surface area contributed by atoms with Gasteiger partial charge in [0.1, 0.15) is 11.8 Å². The number of benzene rings is 2. The predicted molar refractivity (Wildman–Crippen MR) is 124 cm³/mol. The third kappa shape index (κ3) is 7.03. The maximum absolute atomic E-state index is 13.1. The first-order valence-corrected chi connectivity index (χ1v) is 11.2. The van der Waals surface area contributed by atoms with Crippen LogP contribution in [0.15, 0.2) is 53.0 Å². The Bertz CT molecular complexity index is 845. The quantitative estimate of drug-likeness (QED) is 0.493. The van der Waals surface area contributed by atoms with Crippen molar-refractivity contribution < 1.29 is 14.3 Å². The molecule has 0 aliphatic rings. The summed E-state index contributed by atoms with van der Waals surface area (Å²) in [6.07, 6.45) is 1.30. The number of carbonyl (C=O) groups excluding carboxylic acids is 2. The minimum atomic E-state index is -0.615. The molecule has 0 heterocycles. The Hall–Kier alpha value is -2.05. The van der Waals surface area contributed by atoms with Crippen LogP contribution in [0.1, 0.15) is 39.2 Å². The normalized spacial score (nSPS) is 12.7. The van der Waals surface area contributed by atoms with E-state index in [-0.39, 0.29) is 31.0 Å². The smallest absolute Gasteiger partial charge is 0.261 e. The van der Waals surface area contributed by atoms with Crippen LogP contribution in [0.5, 0.6) is 5.75 Å². The standard InChI is InChI=1S/C23H28BrClN2O3/c1-4-16(3)26-23(29)21(5-2)27(14-17-8-6-7-9-20(17)25)22(28)15-30-19-12-10-18(24)11-13-19/h6-13,16,21H,4-5,14-15H2,1-3H3,(H,26,29). The summed E-state index contributed by atoms with van der Waals surface area (Å²) in [5.74, 6) is 0.140. The monoisotopic (exact) mass is 494 g/mol. The van der Waals surface area contributed by atoms with Crippen LogP contribution in [0.3, 0.4) is 0 Å². The molecule has 0 radical (unpaired) electrons. The number of nitrogens with one attached hydrogen (secondary N) is 1. The van der Waals surface area contributed by atoms with Gasteiger partial charge >= 0.3 is 0 Å². The van der Waals surface area contributed by atoms with Crippen LogP contribution in [0.2, 0.25) is 5.02 Å². The molecule has 0 spiro atoms. The fourth-order valence-corrected chi connectivity index (χ4v) is 3.39. The molecular formula is C23H28BrClN2O3. The highest BCUT2D eigenvalue weighted by atomic mass is 79.9. The van der Waals surface area contributed by atoms with Crippen LogP contribution in [0.4, 0.5) is 0 Å². The van der Waals surface area contributed by atoms with Crippen molar-refractivity contribution in [1.82, 2.24) is 10.2 Å². The van der Waals surface area contributed by atoms with Crippen LogP contribution >= 0.6 is 27.5 Å². The van der Waals surface area contributed by atoms with E-state index < -0.39 is 6.04 Å². The van der Waals surface area contributed by atoms with Gasteiger partial charge in [0.15, 0.2) is 6.61 Å². The number of carbonyl (C=O) groups is 2. The average molecular weight is 496 g/mol. The second kappa shape index (κ2) is 12.0. The Balaban J connectivity index is 2.21. The summed E-state index contributed by atoms with van der Waals surface area (Å²) in [7, 11) is 0. The van der Waals surface area contributed by atoms with Crippen molar-refractivity contribution in [3.63, 3.8) is 0 Å². The molecular weight excluding hydrogens is 468 g/mol. The molecule has 0 bridgehead atoms. The summed E-state index contributed by atoms with van der Waals surface area (Å²) in [4.78, 5) is 27.6. The van der Waals surface area contributed by atoms with E-state index in [2.05, 4.69) is 21.2 Å². The summed E-state index contributed by atoms with van der Waals surface area (Å²) < 4.78 is 6.60. The third-order valence-electron chi connectivity index (χ3n) is 4.86. The fourth-order valence-electron chi connectivity index (χ4n) is 2.93. The van der Waals surface area contributed by atoms with E-state index >= 15 is 0 Å². The number of rotatable bonds is 10. The number of ether oxygens (including phenoxy) is 1. The predicted octanol–water partition coefficient (Wildman–Crippen LogP) is 5.20. The second-order valence-electron chi connectivity index (χ2n) is 7.10. The lowest BCUT2D eigenvalue weighted by atomic mass is 10.1. The number of halogens is 2.